The molecular formula is C16H15NO. The quantitative estimate of drug-likeness (QED) is 0.749. The number of fused-ring (bicyclic) bond motifs is 2. The van der Waals surface area contributed by atoms with Crippen molar-refractivity contribution in [2.24, 2.45) is 17.8 Å². The molecule has 2 aliphatic rings. The highest BCUT2D eigenvalue weighted by atomic mass is 16.1. The summed E-state index contributed by atoms with van der Waals surface area (Å²) in [6.07, 6.45) is 5.34. The van der Waals surface area contributed by atoms with E-state index in [2.05, 4.69) is 4.98 Å². The first-order chi connectivity index (χ1) is 8.83. The number of Topliss-reactive ketones (excluding diaryl/α,β-unsaturated/α-hetero) is 1. The number of pyridine rings is 1. The van der Waals surface area contributed by atoms with Crippen molar-refractivity contribution in [3.8, 4) is 0 Å². The van der Waals surface area contributed by atoms with Gasteiger partial charge in [0, 0.05) is 23.1 Å². The normalized spacial score (nSPS) is 29.2. The number of carbonyl (C=O) groups excluding carboxylic acids is 1. The molecule has 0 amide bonds. The van der Waals surface area contributed by atoms with Crippen molar-refractivity contribution in [1.29, 1.82) is 0 Å². The molecule has 1 aromatic carbocycles. The Morgan fingerprint density at radius 2 is 1.83 bits per heavy atom. The minimum absolute atomic E-state index is 0.251. The highest BCUT2D eigenvalue weighted by molar-refractivity contribution is 6.07. The number of benzene rings is 1. The Kier molecular flexibility index (Phi) is 2.07. The van der Waals surface area contributed by atoms with Gasteiger partial charge in [0.15, 0.2) is 5.78 Å². The number of hydrogen-bond donors (Lipinski definition) is 0. The molecular weight excluding hydrogens is 222 g/mol. The Hall–Kier alpha value is -1.70. The lowest BCUT2D eigenvalue weighted by Crippen LogP contribution is -2.13. The van der Waals surface area contributed by atoms with Crippen molar-refractivity contribution in [3.05, 3.63) is 42.1 Å². The van der Waals surface area contributed by atoms with E-state index in [0.29, 0.717) is 5.78 Å². The van der Waals surface area contributed by atoms with Gasteiger partial charge in [-0.1, -0.05) is 18.2 Å². The zero-order valence-electron chi connectivity index (χ0n) is 10.2. The van der Waals surface area contributed by atoms with Crippen LogP contribution in [0.1, 0.15) is 29.6 Å². The molecule has 2 atom stereocenters. The van der Waals surface area contributed by atoms with Gasteiger partial charge in [-0.05, 0) is 43.2 Å². The van der Waals surface area contributed by atoms with E-state index in [1.807, 2.05) is 30.3 Å². The number of aromatic nitrogens is 1. The van der Waals surface area contributed by atoms with E-state index < -0.39 is 0 Å². The van der Waals surface area contributed by atoms with Gasteiger partial charge >= 0.3 is 0 Å². The summed E-state index contributed by atoms with van der Waals surface area (Å²) in [5, 5.41) is 1.06. The van der Waals surface area contributed by atoms with Crippen LogP contribution in [-0.2, 0) is 0 Å². The van der Waals surface area contributed by atoms with E-state index in [4.69, 9.17) is 0 Å². The van der Waals surface area contributed by atoms with Gasteiger partial charge in [0.05, 0.1) is 5.52 Å². The maximum Gasteiger partial charge on any atom is 0.168 e. The molecule has 2 heteroatoms. The van der Waals surface area contributed by atoms with Crippen LogP contribution in [0.3, 0.4) is 0 Å². The van der Waals surface area contributed by atoms with Crippen LogP contribution in [0.5, 0.6) is 0 Å². The fraction of sp³-hybridized carbons (Fsp3) is 0.375. The van der Waals surface area contributed by atoms with Crippen molar-refractivity contribution < 1.29 is 4.79 Å². The molecule has 0 N–H and O–H groups in total. The first-order valence-corrected chi connectivity index (χ1v) is 6.71. The lowest BCUT2D eigenvalue weighted by atomic mass is 9.92. The molecule has 0 saturated heterocycles. The molecule has 2 aromatic rings. The number of rotatable bonds is 2. The van der Waals surface area contributed by atoms with Gasteiger partial charge in [0.25, 0.3) is 0 Å². The van der Waals surface area contributed by atoms with Crippen molar-refractivity contribution in [1.82, 2.24) is 4.98 Å². The summed E-state index contributed by atoms with van der Waals surface area (Å²) in [7, 11) is 0. The van der Waals surface area contributed by atoms with Crippen molar-refractivity contribution in [2.45, 2.75) is 19.3 Å². The van der Waals surface area contributed by atoms with E-state index >= 15 is 0 Å². The number of hydrogen-bond acceptors (Lipinski definition) is 2. The minimum Gasteiger partial charge on any atom is -0.294 e. The molecule has 0 radical (unpaired) electrons. The summed E-state index contributed by atoms with van der Waals surface area (Å²) >= 11 is 0. The van der Waals surface area contributed by atoms with Crippen LogP contribution >= 0.6 is 0 Å². The van der Waals surface area contributed by atoms with Gasteiger partial charge in [-0.2, -0.15) is 0 Å². The molecule has 1 heterocycles. The molecule has 2 aliphatic carbocycles. The van der Waals surface area contributed by atoms with Crippen LogP contribution in [0, 0.1) is 17.8 Å². The van der Waals surface area contributed by atoms with Gasteiger partial charge in [-0.25, -0.2) is 0 Å². The fourth-order valence-corrected chi connectivity index (χ4v) is 3.45. The summed E-state index contributed by atoms with van der Waals surface area (Å²) in [6.45, 7) is 0. The second kappa shape index (κ2) is 3.64. The van der Waals surface area contributed by atoms with E-state index in [-0.39, 0.29) is 5.92 Å². The lowest BCUT2D eigenvalue weighted by Gasteiger charge is -2.11. The third kappa shape index (κ3) is 1.48. The van der Waals surface area contributed by atoms with Crippen LogP contribution < -0.4 is 0 Å². The molecule has 2 unspecified atom stereocenters. The Bertz CT molecular complexity index is 619. The van der Waals surface area contributed by atoms with E-state index in [9.17, 15) is 4.79 Å². The Balaban J connectivity index is 1.75. The SMILES string of the molecule is O=C(c1cccc2cccnc12)C1CC2CC2C1. The molecule has 0 bridgehead atoms. The fourth-order valence-electron chi connectivity index (χ4n) is 3.45. The maximum atomic E-state index is 12.6. The van der Waals surface area contributed by atoms with Crippen LogP contribution in [0.15, 0.2) is 36.5 Å². The molecule has 1 aromatic heterocycles. The first kappa shape index (κ1) is 10.2. The highest BCUT2D eigenvalue weighted by Gasteiger charge is 2.48. The second-order valence-corrected chi connectivity index (χ2v) is 5.67. The number of ketones is 1. The van der Waals surface area contributed by atoms with Crippen LogP contribution in [0.25, 0.3) is 10.9 Å². The maximum absolute atomic E-state index is 12.6. The Labute approximate surface area is 106 Å². The lowest BCUT2D eigenvalue weighted by molar-refractivity contribution is 0.0916. The number of nitrogens with zero attached hydrogens (tertiary/aromatic N) is 1. The van der Waals surface area contributed by atoms with Crippen molar-refractivity contribution in [2.75, 3.05) is 0 Å². The predicted octanol–water partition coefficient (Wildman–Crippen LogP) is 3.46. The zero-order valence-corrected chi connectivity index (χ0v) is 10.2. The largest absolute Gasteiger partial charge is 0.294 e. The molecule has 2 nitrogen and oxygen atoms in total. The van der Waals surface area contributed by atoms with Gasteiger partial charge in [0.1, 0.15) is 0 Å². The monoisotopic (exact) mass is 237 g/mol. The highest BCUT2D eigenvalue weighted by Crippen LogP contribution is 2.55. The third-order valence-corrected chi connectivity index (χ3v) is 4.51. The van der Waals surface area contributed by atoms with Gasteiger partial charge in [-0.3, -0.25) is 9.78 Å². The van der Waals surface area contributed by atoms with Crippen LogP contribution in [-0.4, -0.2) is 10.8 Å². The molecule has 2 saturated carbocycles. The summed E-state index contributed by atoms with van der Waals surface area (Å²) in [4.78, 5) is 17.0. The minimum atomic E-state index is 0.251. The molecule has 0 aliphatic heterocycles. The Morgan fingerprint density at radius 1 is 1.06 bits per heavy atom. The third-order valence-electron chi connectivity index (χ3n) is 4.51. The van der Waals surface area contributed by atoms with E-state index in [1.165, 1.54) is 6.42 Å². The number of para-hydroxylation sites is 1. The molecule has 4 rings (SSSR count). The van der Waals surface area contributed by atoms with Crippen LogP contribution in [0.2, 0.25) is 0 Å². The molecule has 18 heavy (non-hydrogen) atoms. The average molecular weight is 237 g/mol. The van der Waals surface area contributed by atoms with Crippen molar-refractivity contribution >= 4 is 16.7 Å². The number of carbonyl (C=O) groups is 1. The molecule has 2 fully saturated rings. The van der Waals surface area contributed by atoms with Gasteiger partial charge in [-0.15, -0.1) is 0 Å². The Morgan fingerprint density at radius 3 is 2.67 bits per heavy atom. The van der Waals surface area contributed by atoms with E-state index in [0.717, 1.165) is 41.1 Å². The van der Waals surface area contributed by atoms with Gasteiger partial charge in [0.2, 0.25) is 0 Å². The summed E-state index contributed by atoms with van der Waals surface area (Å²) in [5.41, 5.74) is 1.69. The topological polar surface area (TPSA) is 30.0 Å². The van der Waals surface area contributed by atoms with Gasteiger partial charge < -0.3 is 0 Å². The van der Waals surface area contributed by atoms with Crippen molar-refractivity contribution in [3.63, 3.8) is 0 Å². The van der Waals surface area contributed by atoms with Crippen LogP contribution in [0.4, 0.5) is 0 Å². The standard InChI is InChI=1S/C16H15NO/c18-16(13-8-11-7-12(11)9-13)14-5-1-3-10-4-2-6-17-15(10)14/h1-6,11-13H,7-9H2. The molecule has 0 spiro atoms. The molecule has 90 valence electrons. The summed E-state index contributed by atoms with van der Waals surface area (Å²) in [5.74, 6) is 2.26. The summed E-state index contributed by atoms with van der Waals surface area (Å²) in [6, 6.07) is 9.85. The smallest absolute Gasteiger partial charge is 0.168 e. The second-order valence-electron chi connectivity index (χ2n) is 5.67. The zero-order chi connectivity index (χ0) is 12.1. The average Bonchev–Trinajstić information content (AvgIpc) is 3.04. The predicted molar refractivity (Wildman–Crippen MR) is 70.4 cm³/mol. The summed E-state index contributed by atoms with van der Waals surface area (Å²) < 4.78 is 0. The first-order valence-electron chi connectivity index (χ1n) is 6.71. The van der Waals surface area contributed by atoms with E-state index in [1.54, 1.807) is 6.20 Å².